The van der Waals surface area contributed by atoms with E-state index >= 15 is 0 Å². The van der Waals surface area contributed by atoms with Crippen molar-refractivity contribution in [2.75, 3.05) is 0 Å². The number of hydrogen-bond acceptors (Lipinski definition) is 5. The number of aromatic hydroxyl groups is 1. The number of phenolic OH excluding ortho intramolecular Hbond substituents is 1. The summed E-state index contributed by atoms with van der Waals surface area (Å²) in [5.74, 6) is -0.231. The number of aliphatic hydroxyl groups is 1. The van der Waals surface area contributed by atoms with Crippen molar-refractivity contribution in [1.82, 2.24) is 0 Å². The van der Waals surface area contributed by atoms with E-state index in [1.165, 1.54) is 6.92 Å². The number of halogens is 1. The Hall–Kier alpha value is -3.82. The highest BCUT2D eigenvalue weighted by molar-refractivity contribution is 5.75. The molecule has 0 amide bonds. The van der Waals surface area contributed by atoms with Gasteiger partial charge in [-0.1, -0.05) is 74.6 Å². The smallest absolute Gasteiger partial charge is 0.141 e. The van der Waals surface area contributed by atoms with Crippen molar-refractivity contribution >= 4 is 5.57 Å². The van der Waals surface area contributed by atoms with Gasteiger partial charge in [0.15, 0.2) is 0 Å². The Bertz CT molecular complexity index is 1020. The summed E-state index contributed by atoms with van der Waals surface area (Å²) >= 11 is 0. The molecule has 0 aromatic heterocycles. The Labute approximate surface area is 202 Å². The number of nitriles is 1. The normalized spacial score (nSPS) is 14.3. The molecule has 5 nitrogen and oxygen atoms in total. The molecule has 0 saturated carbocycles. The molecular formula is C28H35FN2O3. The van der Waals surface area contributed by atoms with E-state index in [2.05, 4.69) is 18.1 Å². The van der Waals surface area contributed by atoms with Crippen LogP contribution in [0.25, 0.3) is 5.57 Å². The molecule has 0 bridgehead atoms. The molecule has 34 heavy (non-hydrogen) atoms. The van der Waals surface area contributed by atoms with Crippen molar-refractivity contribution in [1.29, 1.82) is 5.26 Å². The van der Waals surface area contributed by atoms with Crippen molar-refractivity contribution in [2.45, 2.75) is 46.6 Å². The number of phenols is 1. The molecule has 1 aliphatic rings. The SMILES string of the molecule is C=C(/C=C\CC1=CC=C(N)C(/C(O)=C(/C#N)C(C)OF)=CC1)c1ccccc1O.C=CC.CC. The quantitative estimate of drug-likeness (QED) is 0.169. The van der Waals surface area contributed by atoms with Crippen molar-refractivity contribution in [3.05, 3.63) is 108 Å². The van der Waals surface area contributed by atoms with Crippen molar-refractivity contribution in [3.63, 3.8) is 0 Å². The van der Waals surface area contributed by atoms with Crippen LogP contribution >= 0.6 is 0 Å². The second-order valence-electron chi connectivity index (χ2n) is 6.93. The van der Waals surface area contributed by atoms with Crippen LogP contribution in [0, 0.1) is 11.3 Å². The average Bonchev–Trinajstić information content (AvgIpc) is 3.02. The molecule has 4 N–H and O–H groups in total. The number of nitrogens with zero attached hydrogens (tertiary/aromatic N) is 1. The summed E-state index contributed by atoms with van der Waals surface area (Å²) in [5.41, 5.74) is 8.63. The molecule has 0 saturated heterocycles. The minimum atomic E-state index is -1.20. The summed E-state index contributed by atoms with van der Waals surface area (Å²) in [6.07, 6.45) is 10.5. The number of benzene rings is 1. The van der Waals surface area contributed by atoms with Crippen LogP contribution in [0.2, 0.25) is 0 Å². The van der Waals surface area contributed by atoms with Gasteiger partial charge in [0.1, 0.15) is 29.3 Å². The van der Waals surface area contributed by atoms with E-state index in [4.69, 9.17) is 11.0 Å². The second-order valence-corrected chi connectivity index (χ2v) is 6.93. The fourth-order valence-corrected chi connectivity index (χ4v) is 2.81. The highest BCUT2D eigenvalue weighted by atomic mass is 19.3. The zero-order chi connectivity index (χ0) is 26.1. The van der Waals surface area contributed by atoms with Crippen LogP contribution in [0.1, 0.15) is 46.1 Å². The first-order valence-corrected chi connectivity index (χ1v) is 11.0. The first-order valence-electron chi connectivity index (χ1n) is 11.0. The number of aliphatic hydroxyl groups excluding tert-OH is 1. The molecule has 1 aliphatic carbocycles. The fraction of sp³-hybridized carbons (Fsp3) is 0.250. The third-order valence-electron chi connectivity index (χ3n) is 4.50. The first kappa shape index (κ1) is 30.2. The minimum Gasteiger partial charge on any atom is -0.507 e. The predicted octanol–water partition coefficient (Wildman–Crippen LogP) is 7.29. The lowest BCUT2D eigenvalue weighted by molar-refractivity contribution is -0.158. The van der Waals surface area contributed by atoms with E-state index in [9.17, 15) is 14.7 Å². The molecule has 0 heterocycles. The molecule has 1 atom stereocenters. The molecule has 6 heteroatoms. The molecule has 182 valence electrons. The van der Waals surface area contributed by atoms with E-state index in [-0.39, 0.29) is 22.6 Å². The maximum absolute atomic E-state index is 12.4. The third-order valence-corrected chi connectivity index (χ3v) is 4.50. The minimum absolute atomic E-state index is 0.168. The highest BCUT2D eigenvalue weighted by Gasteiger charge is 2.20. The van der Waals surface area contributed by atoms with E-state index in [0.717, 1.165) is 5.57 Å². The van der Waals surface area contributed by atoms with Crippen LogP contribution in [0.3, 0.4) is 0 Å². The van der Waals surface area contributed by atoms with Crippen molar-refractivity contribution in [3.8, 4) is 11.8 Å². The molecule has 2 rings (SSSR count). The number of nitrogens with two attached hydrogens (primary N) is 1. The van der Waals surface area contributed by atoms with E-state index < -0.39 is 11.9 Å². The largest absolute Gasteiger partial charge is 0.507 e. The van der Waals surface area contributed by atoms with Crippen LogP contribution in [0.15, 0.2) is 102 Å². The van der Waals surface area contributed by atoms with Crippen molar-refractivity contribution < 1.29 is 19.7 Å². The zero-order valence-corrected chi connectivity index (χ0v) is 20.4. The zero-order valence-electron chi connectivity index (χ0n) is 20.4. The Kier molecular flexibility index (Phi) is 14.9. The second kappa shape index (κ2) is 16.8. The molecule has 0 radical (unpaired) electrons. The topological polar surface area (TPSA) is 99.5 Å². The van der Waals surface area contributed by atoms with E-state index in [0.29, 0.717) is 24.0 Å². The average molecular weight is 467 g/mol. The third kappa shape index (κ3) is 9.35. The summed E-state index contributed by atoms with van der Waals surface area (Å²) in [6, 6.07) is 8.71. The molecular weight excluding hydrogens is 431 g/mol. The van der Waals surface area contributed by atoms with Crippen LogP contribution in [0.5, 0.6) is 5.75 Å². The number of allylic oxidation sites excluding steroid dienone is 8. The van der Waals surface area contributed by atoms with Gasteiger partial charge in [-0.05, 0) is 48.9 Å². The monoisotopic (exact) mass is 466 g/mol. The van der Waals surface area contributed by atoms with Gasteiger partial charge in [0.05, 0.1) is 0 Å². The summed E-state index contributed by atoms with van der Waals surface area (Å²) in [5, 5.41) is 29.4. The summed E-state index contributed by atoms with van der Waals surface area (Å²) in [6.45, 7) is 14.5. The van der Waals surface area contributed by atoms with Gasteiger partial charge >= 0.3 is 0 Å². The van der Waals surface area contributed by atoms with Gasteiger partial charge < -0.3 is 15.9 Å². The van der Waals surface area contributed by atoms with Crippen molar-refractivity contribution in [2.24, 2.45) is 5.73 Å². The summed E-state index contributed by atoms with van der Waals surface area (Å²) < 4.78 is 12.4. The lowest BCUT2D eigenvalue weighted by Gasteiger charge is -2.11. The molecule has 1 unspecified atom stereocenters. The highest BCUT2D eigenvalue weighted by Crippen LogP contribution is 2.27. The van der Waals surface area contributed by atoms with Crippen LogP contribution in [-0.2, 0) is 4.94 Å². The van der Waals surface area contributed by atoms with E-state index in [1.807, 2.05) is 45.1 Å². The number of para-hydroxylation sites is 1. The van der Waals surface area contributed by atoms with Gasteiger partial charge in [0, 0.05) is 16.8 Å². The maximum Gasteiger partial charge on any atom is 0.141 e. The van der Waals surface area contributed by atoms with Gasteiger partial charge in [0.2, 0.25) is 0 Å². The maximum atomic E-state index is 12.4. The van der Waals surface area contributed by atoms with Gasteiger partial charge in [-0.15, -0.1) is 6.58 Å². The molecule has 0 fully saturated rings. The number of rotatable bonds is 7. The molecule has 1 aromatic rings. The first-order chi connectivity index (χ1) is 16.3. The Balaban J connectivity index is 0.00000201. The lowest BCUT2D eigenvalue weighted by Crippen LogP contribution is -2.12. The van der Waals surface area contributed by atoms with Crippen LogP contribution in [-0.4, -0.2) is 16.3 Å². The lowest BCUT2D eigenvalue weighted by atomic mass is 10.0. The Morgan fingerprint density at radius 3 is 2.50 bits per heavy atom. The van der Waals surface area contributed by atoms with Gasteiger partial charge in [-0.3, -0.25) is 0 Å². The fourth-order valence-electron chi connectivity index (χ4n) is 2.81. The van der Waals surface area contributed by atoms with Gasteiger partial charge in [-0.25, -0.2) is 0 Å². The predicted molar refractivity (Wildman–Crippen MR) is 138 cm³/mol. The summed E-state index contributed by atoms with van der Waals surface area (Å²) in [7, 11) is 0. The Morgan fingerprint density at radius 1 is 1.32 bits per heavy atom. The number of hydrogen-bond donors (Lipinski definition) is 3. The Morgan fingerprint density at radius 2 is 1.94 bits per heavy atom. The van der Waals surface area contributed by atoms with Crippen LogP contribution < -0.4 is 5.73 Å². The molecule has 1 aromatic carbocycles. The summed E-state index contributed by atoms with van der Waals surface area (Å²) in [4.78, 5) is 3.65. The van der Waals surface area contributed by atoms with Gasteiger partial charge in [-0.2, -0.15) is 10.2 Å². The van der Waals surface area contributed by atoms with Gasteiger partial charge in [0.25, 0.3) is 0 Å². The molecule has 0 spiro atoms. The van der Waals surface area contributed by atoms with Crippen LogP contribution in [0.4, 0.5) is 4.53 Å². The van der Waals surface area contributed by atoms with E-state index in [1.54, 1.807) is 42.5 Å². The molecule has 0 aliphatic heterocycles. The standard InChI is InChI=1S/C23H23FN2O3.C3H6.C2H6/c1-15(18-8-3-4-9-22(18)27)6-5-7-17-10-12-19(21(26)13-11-17)23(28)20(14-25)16(2)29-24;1-3-2;1-2/h3-6,8-9,11-13,16,27-28H,1,7,10,26H2,2H3;3H,1H2,2H3;1-2H3/b6-5-,23-20+;;.